The van der Waals surface area contributed by atoms with Crippen molar-refractivity contribution in [3.8, 4) is 0 Å². The molecule has 0 aliphatic heterocycles. The lowest BCUT2D eigenvalue weighted by Gasteiger charge is -2.18. The van der Waals surface area contributed by atoms with E-state index in [0.717, 1.165) is 10.5 Å². The Morgan fingerprint density at radius 1 is 0.846 bits per heavy atom. The highest BCUT2D eigenvalue weighted by molar-refractivity contribution is 7.99. The van der Waals surface area contributed by atoms with E-state index in [1.54, 1.807) is 23.9 Å². The van der Waals surface area contributed by atoms with Crippen molar-refractivity contribution in [1.82, 2.24) is 0 Å². The van der Waals surface area contributed by atoms with Crippen molar-refractivity contribution in [2.45, 2.75) is 16.6 Å². The molecule has 1 nitrogen and oxygen atoms in total. The molecule has 132 valence electrons. The van der Waals surface area contributed by atoms with Crippen molar-refractivity contribution in [3.63, 3.8) is 0 Å². The number of Topliss-reactive ketones (excluding diaryl/α,β-unsaturated/α-hetero) is 1. The van der Waals surface area contributed by atoms with Gasteiger partial charge in [0.2, 0.25) is 0 Å². The lowest BCUT2D eigenvalue weighted by Crippen LogP contribution is -2.05. The van der Waals surface area contributed by atoms with E-state index in [4.69, 9.17) is 34.8 Å². The van der Waals surface area contributed by atoms with Crippen LogP contribution in [0, 0.1) is 0 Å². The number of halogens is 3. The van der Waals surface area contributed by atoms with Gasteiger partial charge in [0.1, 0.15) is 0 Å². The molecular formula is C21H15Cl3OS. The fourth-order valence-corrected chi connectivity index (χ4v) is 4.36. The Morgan fingerprint density at radius 3 is 2.15 bits per heavy atom. The highest BCUT2D eigenvalue weighted by atomic mass is 35.5. The van der Waals surface area contributed by atoms with Gasteiger partial charge in [0.25, 0.3) is 0 Å². The smallest absolute Gasteiger partial charge is 0.164 e. The molecule has 26 heavy (non-hydrogen) atoms. The molecule has 0 amide bonds. The molecule has 0 N–H and O–H groups in total. The van der Waals surface area contributed by atoms with Crippen LogP contribution in [0.4, 0.5) is 0 Å². The summed E-state index contributed by atoms with van der Waals surface area (Å²) in [6.45, 7) is 0. The molecule has 0 unspecified atom stereocenters. The topological polar surface area (TPSA) is 17.1 Å². The van der Waals surface area contributed by atoms with Gasteiger partial charge in [0.05, 0.1) is 5.02 Å². The Bertz CT molecular complexity index is 895. The number of thioether (sulfide) groups is 1. The minimum Gasteiger partial charge on any atom is -0.294 e. The largest absolute Gasteiger partial charge is 0.294 e. The number of rotatable bonds is 6. The summed E-state index contributed by atoms with van der Waals surface area (Å²) >= 11 is 19.9. The van der Waals surface area contributed by atoms with Crippen LogP contribution in [0.15, 0.2) is 77.7 Å². The summed E-state index contributed by atoms with van der Waals surface area (Å²) in [6, 6.07) is 22.3. The first kappa shape index (κ1) is 19.3. The number of carbonyl (C=O) groups excluding carboxylic acids is 1. The molecule has 0 fully saturated rings. The van der Waals surface area contributed by atoms with Gasteiger partial charge < -0.3 is 0 Å². The summed E-state index contributed by atoms with van der Waals surface area (Å²) in [4.78, 5) is 13.6. The van der Waals surface area contributed by atoms with Crippen LogP contribution < -0.4 is 0 Å². The Labute approximate surface area is 172 Å². The van der Waals surface area contributed by atoms with Crippen LogP contribution >= 0.6 is 46.6 Å². The average Bonchev–Trinajstić information content (AvgIpc) is 2.64. The van der Waals surface area contributed by atoms with E-state index in [0.29, 0.717) is 27.1 Å². The van der Waals surface area contributed by atoms with Gasteiger partial charge in [0.15, 0.2) is 5.78 Å². The predicted octanol–water partition coefficient (Wildman–Crippen LogP) is 7.75. The standard InChI is InChI=1S/C21H15Cl3OS/c22-16-8-6-15(7-9-16)21(13-19(25)14-4-2-1-3-5-14)26-20-11-10-17(23)12-18(20)24/h1-12,21H,13H2/t21-/m0/s1. The van der Waals surface area contributed by atoms with Crippen LogP contribution in [-0.2, 0) is 0 Å². The minimum absolute atomic E-state index is 0.0846. The van der Waals surface area contributed by atoms with Crippen LogP contribution in [0.2, 0.25) is 15.1 Å². The van der Waals surface area contributed by atoms with E-state index in [1.165, 1.54) is 0 Å². The van der Waals surface area contributed by atoms with Crippen molar-refractivity contribution >= 4 is 52.3 Å². The summed E-state index contributed by atoms with van der Waals surface area (Å²) in [5.41, 5.74) is 1.73. The number of ketones is 1. The summed E-state index contributed by atoms with van der Waals surface area (Å²) < 4.78 is 0. The second-order valence-electron chi connectivity index (χ2n) is 5.73. The van der Waals surface area contributed by atoms with Gasteiger partial charge in [-0.05, 0) is 35.9 Å². The van der Waals surface area contributed by atoms with Gasteiger partial charge in [-0.2, -0.15) is 0 Å². The normalized spacial score (nSPS) is 12.0. The van der Waals surface area contributed by atoms with Gasteiger partial charge in [-0.15, -0.1) is 11.8 Å². The molecule has 0 saturated carbocycles. The maximum Gasteiger partial charge on any atom is 0.164 e. The van der Waals surface area contributed by atoms with E-state index >= 15 is 0 Å². The third kappa shape index (κ3) is 5.05. The van der Waals surface area contributed by atoms with E-state index in [-0.39, 0.29) is 11.0 Å². The lowest BCUT2D eigenvalue weighted by atomic mass is 10.0. The Kier molecular flexibility index (Phi) is 6.66. The van der Waals surface area contributed by atoms with Crippen molar-refractivity contribution in [2.24, 2.45) is 0 Å². The molecule has 0 aromatic heterocycles. The first-order valence-electron chi connectivity index (χ1n) is 7.98. The highest BCUT2D eigenvalue weighted by Gasteiger charge is 2.20. The zero-order valence-corrected chi connectivity index (χ0v) is 16.7. The maximum absolute atomic E-state index is 12.7. The van der Waals surface area contributed by atoms with E-state index < -0.39 is 0 Å². The maximum atomic E-state index is 12.7. The van der Waals surface area contributed by atoms with Crippen molar-refractivity contribution in [3.05, 3.63) is 99.0 Å². The highest BCUT2D eigenvalue weighted by Crippen LogP contribution is 2.42. The Morgan fingerprint density at radius 2 is 1.50 bits per heavy atom. The molecule has 0 bridgehead atoms. The Balaban J connectivity index is 1.88. The second-order valence-corrected chi connectivity index (χ2v) is 8.25. The molecule has 3 rings (SSSR count). The number of carbonyl (C=O) groups is 1. The first-order valence-corrected chi connectivity index (χ1v) is 10.00. The lowest BCUT2D eigenvalue weighted by molar-refractivity contribution is 0.0982. The number of hydrogen-bond acceptors (Lipinski definition) is 2. The van der Waals surface area contributed by atoms with Crippen molar-refractivity contribution in [2.75, 3.05) is 0 Å². The van der Waals surface area contributed by atoms with Gasteiger partial charge >= 0.3 is 0 Å². The fourth-order valence-electron chi connectivity index (χ4n) is 2.54. The monoisotopic (exact) mass is 420 g/mol. The van der Waals surface area contributed by atoms with Crippen LogP contribution in [-0.4, -0.2) is 5.78 Å². The quantitative estimate of drug-likeness (QED) is 0.299. The average molecular weight is 422 g/mol. The number of hydrogen-bond donors (Lipinski definition) is 0. The summed E-state index contributed by atoms with van der Waals surface area (Å²) in [6.07, 6.45) is 0.356. The minimum atomic E-state index is -0.0846. The molecule has 0 heterocycles. The molecule has 1 atom stereocenters. The molecule has 3 aromatic carbocycles. The summed E-state index contributed by atoms with van der Waals surface area (Å²) in [5.74, 6) is 0.0862. The third-order valence-electron chi connectivity index (χ3n) is 3.87. The molecule has 0 aliphatic carbocycles. The van der Waals surface area contributed by atoms with Crippen LogP contribution in [0.25, 0.3) is 0 Å². The van der Waals surface area contributed by atoms with E-state index in [2.05, 4.69) is 0 Å². The summed E-state index contributed by atoms with van der Waals surface area (Å²) in [5, 5.41) is 1.74. The molecule has 0 radical (unpaired) electrons. The number of benzene rings is 3. The predicted molar refractivity (Wildman–Crippen MR) is 112 cm³/mol. The molecule has 3 aromatic rings. The van der Waals surface area contributed by atoms with Gasteiger partial charge in [-0.3, -0.25) is 4.79 Å². The second kappa shape index (κ2) is 8.96. The zero-order chi connectivity index (χ0) is 18.5. The third-order valence-corrected chi connectivity index (χ3v) is 6.12. The Hall–Kier alpha value is -1.45. The molecule has 0 aliphatic rings. The SMILES string of the molecule is O=C(C[C@H](Sc1ccc(Cl)cc1Cl)c1ccc(Cl)cc1)c1ccccc1. The summed E-state index contributed by atoms with van der Waals surface area (Å²) in [7, 11) is 0. The van der Waals surface area contributed by atoms with Gasteiger partial charge in [-0.1, -0.05) is 77.3 Å². The van der Waals surface area contributed by atoms with Gasteiger partial charge in [0, 0.05) is 32.2 Å². The molecule has 5 heteroatoms. The molecule has 0 spiro atoms. The van der Waals surface area contributed by atoms with Crippen LogP contribution in [0.3, 0.4) is 0 Å². The van der Waals surface area contributed by atoms with Crippen LogP contribution in [0.5, 0.6) is 0 Å². The van der Waals surface area contributed by atoms with Crippen LogP contribution in [0.1, 0.15) is 27.6 Å². The molecule has 0 saturated heterocycles. The van der Waals surface area contributed by atoms with Crippen molar-refractivity contribution in [1.29, 1.82) is 0 Å². The van der Waals surface area contributed by atoms with E-state index in [9.17, 15) is 4.79 Å². The molecular weight excluding hydrogens is 407 g/mol. The fraction of sp³-hybridized carbons (Fsp3) is 0.0952. The van der Waals surface area contributed by atoms with Gasteiger partial charge in [-0.25, -0.2) is 0 Å². The van der Waals surface area contributed by atoms with E-state index in [1.807, 2.05) is 60.7 Å². The van der Waals surface area contributed by atoms with Crippen molar-refractivity contribution < 1.29 is 4.79 Å². The zero-order valence-electron chi connectivity index (χ0n) is 13.7. The first-order chi connectivity index (χ1) is 12.5.